The van der Waals surface area contributed by atoms with Crippen LogP contribution in [0.5, 0.6) is 0 Å². The monoisotopic (exact) mass is 236 g/mol. The van der Waals surface area contributed by atoms with Gasteiger partial charge in [0.05, 0.1) is 0 Å². The predicted molar refractivity (Wildman–Crippen MR) is 29.4 cm³/mol. The number of alkyl halides is 7. The molecule has 0 aromatic rings. The lowest BCUT2D eigenvalue weighted by atomic mass is 10.3. The molecular weight excluding hydrogens is 237 g/mol. The van der Waals surface area contributed by atoms with Gasteiger partial charge in [-0.3, -0.25) is 0 Å². The molecule has 0 unspecified atom stereocenters. The molecule has 0 aromatic carbocycles. The molecule has 0 atom stereocenters. The first kappa shape index (κ1) is 12.2. The lowest BCUT2D eigenvalue weighted by Crippen LogP contribution is -2.49. The van der Waals surface area contributed by atoms with E-state index in [9.17, 15) is 30.7 Å². The van der Waals surface area contributed by atoms with Crippen molar-refractivity contribution in [2.75, 3.05) is 0 Å². The molecule has 0 aliphatic rings. The minimum Gasteiger partial charge on any atom is -0.210 e. The first-order valence-corrected chi connectivity index (χ1v) is 3.82. The Morgan fingerprint density at radius 1 is 0.750 bits per heavy atom. The van der Waals surface area contributed by atoms with E-state index in [0.717, 1.165) is 0 Å². The molecule has 0 aliphatic carbocycles. The highest BCUT2D eigenvalue weighted by Crippen LogP contribution is 2.54. The van der Waals surface area contributed by atoms with Crippen molar-refractivity contribution in [3.8, 4) is 0 Å². The normalized spacial score (nSPS) is 15.0. The third-order valence-electron chi connectivity index (χ3n) is 0.836. The highest BCUT2D eigenvalue weighted by atomic mass is 35.7. The van der Waals surface area contributed by atoms with Gasteiger partial charge in [-0.2, -0.15) is 26.3 Å². The molecule has 0 aliphatic heterocycles. The number of halogens is 8. The summed E-state index contributed by atoms with van der Waals surface area (Å²) >= 11 is 0. The van der Waals surface area contributed by atoms with Gasteiger partial charge in [-0.05, 0) is 10.7 Å². The van der Waals surface area contributed by atoms with E-state index in [-0.39, 0.29) is 0 Å². The summed E-state index contributed by atoms with van der Waals surface area (Å²) in [5, 5.41) is -5.40. The predicted octanol–water partition coefficient (Wildman–Crippen LogP) is 3.66. The van der Waals surface area contributed by atoms with Gasteiger partial charge in [0, 0.05) is 11.0 Å². The Morgan fingerprint density at radius 2 is 1.00 bits per heavy atom. The van der Waals surface area contributed by atoms with Gasteiger partial charge < -0.3 is 0 Å². The standard InChI is InChI=1S/C3ClF7S/c4-12-1(5,2(6,7)8)3(9,10)11. The molecule has 0 bridgehead atoms. The fraction of sp³-hybridized carbons (Fsp3) is 1.00. The summed E-state index contributed by atoms with van der Waals surface area (Å²) in [5.41, 5.74) is 0. The maximum atomic E-state index is 12.1. The summed E-state index contributed by atoms with van der Waals surface area (Å²) in [7, 11) is 2.72. The molecule has 0 nitrogen and oxygen atoms in total. The van der Waals surface area contributed by atoms with Crippen LogP contribution < -0.4 is 0 Å². The van der Waals surface area contributed by atoms with Crippen molar-refractivity contribution in [2.45, 2.75) is 17.4 Å². The molecule has 74 valence electrons. The molecule has 0 saturated heterocycles. The maximum Gasteiger partial charge on any atom is 0.442 e. The van der Waals surface area contributed by atoms with Crippen LogP contribution in [0.15, 0.2) is 0 Å². The van der Waals surface area contributed by atoms with Crippen LogP contribution in [-0.2, 0) is 0 Å². The zero-order chi connectivity index (χ0) is 10.2. The van der Waals surface area contributed by atoms with E-state index in [2.05, 4.69) is 10.7 Å². The number of hydrogen-bond donors (Lipinski definition) is 0. The summed E-state index contributed by atoms with van der Waals surface area (Å²) in [5.74, 6) is 0. The molecule has 0 heterocycles. The summed E-state index contributed by atoms with van der Waals surface area (Å²) < 4.78 is 80.5. The summed E-state index contributed by atoms with van der Waals surface area (Å²) in [6.45, 7) is 0. The summed E-state index contributed by atoms with van der Waals surface area (Å²) in [6.07, 6.45) is -12.1. The van der Waals surface area contributed by atoms with E-state index < -0.39 is 28.3 Å². The van der Waals surface area contributed by atoms with Crippen molar-refractivity contribution in [3.05, 3.63) is 0 Å². The van der Waals surface area contributed by atoms with E-state index >= 15 is 0 Å². The fourth-order valence-corrected chi connectivity index (χ4v) is 0.948. The van der Waals surface area contributed by atoms with Crippen molar-refractivity contribution in [1.82, 2.24) is 0 Å². The Hall–Kier alpha value is 0.150. The van der Waals surface area contributed by atoms with Crippen molar-refractivity contribution in [2.24, 2.45) is 0 Å². The van der Waals surface area contributed by atoms with E-state index in [1.807, 2.05) is 0 Å². The lowest BCUT2D eigenvalue weighted by Gasteiger charge is -2.26. The lowest BCUT2D eigenvalue weighted by molar-refractivity contribution is -0.302. The Kier molecular flexibility index (Phi) is 3.17. The topological polar surface area (TPSA) is 0 Å². The van der Waals surface area contributed by atoms with E-state index in [0.29, 0.717) is 0 Å². The average molecular weight is 237 g/mol. The third-order valence-corrected chi connectivity index (χ3v) is 2.15. The molecule has 0 spiro atoms. The van der Waals surface area contributed by atoms with Crippen LogP contribution in [0.3, 0.4) is 0 Å². The van der Waals surface area contributed by atoms with Crippen molar-refractivity contribution in [3.63, 3.8) is 0 Å². The largest absolute Gasteiger partial charge is 0.442 e. The second kappa shape index (κ2) is 3.13. The SMILES string of the molecule is FC(F)(F)C(F)(SCl)C(F)(F)F. The van der Waals surface area contributed by atoms with Gasteiger partial charge in [0.25, 0.3) is 0 Å². The second-order valence-electron chi connectivity index (χ2n) is 1.67. The number of rotatable bonds is 1. The minimum absolute atomic E-state index is 1.46. The summed E-state index contributed by atoms with van der Waals surface area (Å²) in [6, 6.07) is 0. The quantitative estimate of drug-likeness (QED) is 0.626. The van der Waals surface area contributed by atoms with Crippen LogP contribution in [0.4, 0.5) is 30.7 Å². The second-order valence-corrected chi connectivity index (χ2v) is 2.85. The highest BCUT2D eigenvalue weighted by molar-refractivity contribution is 8.22. The molecule has 12 heavy (non-hydrogen) atoms. The van der Waals surface area contributed by atoms with Crippen LogP contribution in [0.25, 0.3) is 0 Å². The average Bonchev–Trinajstić information content (AvgIpc) is 1.81. The van der Waals surface area contributed by atoms with Crippen molar-refractivity contribution < 1.29 is 30.7 Å². The molecule has 0 radical (unpaired) electrons. The van der Waals surface area contributed by atoms with Crippen LogP contribution in [0.1, 0.15) is 0 Å². The Balaban J connectivity index is 4.95. The first-order chi connectivity index (χ1) is 5.06. The van der Waals surface area contributed by atoms with Gasteiger partial charge in [-0.15, -0.1) is 0 Å². The van der Waals surface area contributed by atoms with Crippen LogP contribution in [0, 0.1) is 0 Å². The van der Waals surface area contributed by atoms with Crippen LogP contribution in [0.2, 0.25) is 0 Å². The van der Waals surface area contributed by atoms with Crippen LogP contribution >= 0.6 is 21.7 Å². The molecule has 0 N–H and O–H groups in total. The van der Waals surface area contributed by atoms with E-state index in [4.69, 9.17) is 0 Å². The van der Waals surface area contributed by atoms with E-state index in [1.54, 1.807) is 0 Å². The molecule has 0 saturated carbocycles. The van der Waals surface area contributed by atoms with Crippen molar-refractivity contribution in [1.29, 1.82) is 0 Å². The molecule has 0 aromatic heterocycles. The molecular formula is C3ClF7S. The zero-order valence-electron chi connectivity index (χ0n) is 4.93. The maximum absolute atomic E-state index is 12.1. The van der Waals surface area contributed by atoms with Gasteiger partial charge in [-0.25, -0.2) is 4.39 Å². The Bertz CT molecular complexity index is 145. The van der Waals surface area contributed by atoms with Gasteiger partial charge in [0.15, 0.2) is 0 Å². The molecule has 0 amide bonds. The fourth-order valence-electron chi connectivity index (χ4n) is 0.248. The molecule has 0 fully saturated rings. The summed E-state index contributed by atoms with van der Waals surface area (Å²) in [4.78, 5) is 0. The molecule has 9 heteroatoms. The number of hydrogen-bond acceptors (Lipinski definition) is 1. The van der Waals surface area contributed by atoms with Gasteiger partial charge in [0.1, 0.15) is 0 Å². The van der Waals surface area contributed by atoms with Gasteiger partial charge in [-0.1, -0.05) is 0 Å². The molecule has 0 rings (SSSR count). The minimum atomic E-state index is -6.07. The van der Waals surface area contributed by atoms with E-state index in [1.165, 1.54) is 0 Å². The van der Waals surface area contributed by atoms with Gasteiger partial charge in [0.2, 0.25) is 0 Å². The highest BCUT2D eigenvalue weighted by Gasteiger charge is 2.73. The van der Waals surface area contributed by atoms with Crippen LogP contribution in [-0.4, -0.2) is 17.4 Å². The Labute approximate surface area is 70.6 Å². The zero-order valence-corrected chi connectivity index (χ0v) is 6.50. The third kappa shape index (κ3) is 1.90. The smallest absolute Gasteiger partial charge is 0.210 e. The van der Waals surface area contributed by atoms with Gasteiger partial charge >= 0.3 is 17.4 Å². The first-order valence-electron chi connectivity index (χ1n) is 2.18. The Morgan fingerprint density at radius 3 is 1.00 bits per heavy atom. The van der Waals surface area contributed by atoms with Crippen molar-refractivity contribution >= 4 is 21.7 Å².